The Balaban J connectivity index is 1.71. The number of benzene rings is 1. The van der Waals surface area contributed by atoms with E-state index in [1.54, 1.807) is 0 Å². The van der Waals surface area contributed by atoms with Gasteiger partial charge in [-0.15, -0.1) is 0 Å². The van der Waals surface area contributed by atoms with Crippen LogP contribution in [0.15, 0.2) is 30.7 Å². The summed E-state index contributed by atoms with van der Waals surface area (Å²) < 4.78 is 8.05. The van der Waals surface area contributed by atoms with Gasteiger partial charge in [0.15, 0.2) is 0 Å². The van der Waals surface area contributed by atoms with Gasteiger partial charge in [-0.1, -0.05) is 0 Å². The third-order valence-corrected chi connectivity index (χ3v) is 3.26. The maximum Gasteiger partial charge on any atom is 0.130 e. The second-order valence-electron chi connectivity index (χ2n) is 4.84. The van der Waals surface area contributed by atoms with Crippen LogP contribution in [0.5, 0.6) is 5.75 Å². The number of nitrogens with zero attached hydrogens (tertiary/aromatic N) is 2. The van der Waals surface area contributed by atoms with Crippen LogP contribution in [0, 0.1) is 6.92 Å². The quantitative estimate of drug-likeness (QED) is 0.840. The number of nitrogens with two attached hydrogens (primary N) is 1. The van der Waals surface area contributed by atoms with Gasteiger partial charge in [0.05, 0.1) is 18.2 Å². The number of imidazole rings is 1. The average Bonchev–Trinajstić information content (AvgIpc) is 3.08. The molecule has 0 saturated heterocycles. The highest BCUT2D eigenvalue weighted by Gasteiger charge is 2.25. The largest absolute Gasteiger partial charge is 0.487 e. The van der Waals surface area contributed by atoms with E-state index in [9.17, 15) is 0 Å². The van der Waals surface area contributed by atoms with E-state index < -0.39 is 0 Å². The first-order valence-electron chi connectivity index (χ1n) is 6.23. The van der Waals surface area contributed by atoms with Crippen molar-refractivity contribution in [1.82, 2.24) is 9.55 Å². The Labute approximate surface area is 106 Å². The standard InChI is InChI=1S/C14H17N3O/c1-10-6-11(15)2-5-14(10)18-8-13-7-16-9-17(13)12-3-4-12/h2,5-7,9,12H,3-4,8,15H2,1H3. The van der Waals surface area contributed by atoms with Crippen molar-refractivity contribution in [3.05, 3.63) is 42.0 Å². The topological polar surface area (TPSA) is 53.1 Å². The molecule has 94 valence electrons. The number of anilines is 1. The SMILES string of the molecule is Cc1cc(N)ccc1OCc1cncn1C1CC1. The third kappa shape index (κ3) is 2.18. The van der Waals surface area contributed by atoms with Crippen LogP contribution in [0.2, 0.25) is 0 Å². The summed E-state index contributed by atoms with van der Waals surface area (Å²) in [7, 11) is 0. The van der Waals surface area contributed by atoms with E-state index in [0.717, 1.165) is 22.7 Å². The van der Waals surface area contributed by atoms with Crippen LogP contribution >= 0.6 is 0 Å². The van der Waals surface area contributed by atoms with E-state index in [1.807, 2.05) is 37.6 Å². The van der Waals surface area contributed by atoms with Gasteiger partial charge in [0, 0.05) is 11.7 Å². The lowest BCUT2D eigenvalue weighted by Crippen LogP contribution is -2.04. The fourth-order valence-electron chi connectivity index (χ4n) is 2.11. The Morgan fingerprint density at radius 1 is 1.44 bits per heavy atom. The molecule has 3 rings (SSSR count). The van der Waals surface area contributed by atoms with E-state index in [4.69, 9.17) is 10.5 Å². The highest BCUT2D eigenvalue weighted by Crippen LogP contribution is 2.35. The molecule has 0 bridgehead atoms. The van der Waals surface area contributed by atoms with Gasteiger partial charge in [-0.2, -0.15) is 0 Å². The molecular weight excluding hydrogens is 226 g/mol. The molecule has 18 heavy (non-hydrogen) atoms. The predicted octanol–water partition coefficient (Wildman–Crippen LogP) is 2.69. The minimum atomic E-state index is 0.557. The van der Waals surface area contributed by atoms with Crippen LogP contribution in [0.4, 0.5) is 5.69 Å². The fraction of sp³-hybridized carbons (Fsp3) is 0.357. The molecule has 1 heterocycles. The summed E-state index contributed by atoms with van der Waals surface area (Å²) in [5, 5.41) is 0. The minimum Gasteiger partial charge on any atom is -0.487 e. The summed E-state index contributed by atoms with van der Waals surface area (Å²) in [4.78, 5) is 4.20. The Morgan fingerprint density at radius 2 is 2.28 bits per heavy atom. The summed E-state index contributed by atoms with van der Waals surface area (Å²) in [6, 6.07) is 6.34. The van der Waals surface area contributed by atoms with E-state index >= 15 is 0 Å². The Morgan fingerprint density at radius 3 is 3.00 bits per heavy atom. The number of aromatic nitrogens is 2. The van der Waals surface area contributed by atoms with Crippen LogP contribution in [0.25, 0.3) is 0 Å². The smallest absolute Gasteiger partial charge is 0.130 e. The minimum absolute atomic E-state index is 0.557. The maximum absolute atomic E-state index is 5.84. The van der Waals surface area contributed by atoms with Gasteiger partial charge in [0.1, 0.15) is 12.4 Å². The average molecular weight is 243 g/mol. The number of hydrogen-bond acceptors (Lipinski definition) is 3. The Bertz CT molecular complexity index is 558. The molecule has 1 aromatic carbocycles. The van der Waals surface area contributed by atoms with E-state index in [-0.39, 0.29) is 0 Å². The second kappa shape index (κ2) is 4.37. The zero-order valence-corrected chi connectivity index (χ0v) is 10.5. The summed E-state index contributed by atoms with van der Waals surface area (Å²) in [5.74, 6) is 0.882. The molecule has 0 atom stereocenters. The van der Waals surface area contributed by atoms with Gasteiger partial charge in [-0.25, -0.2) is 4.98 Å². The molecular formula is C14H17N3O. The lowest BCUT2D eigenvalue weighted by Gasteiger charge is -2.11. The highest BCUT2D eigenvalue weighted by atomic mass is 16.5. The zero-order valence-electron chi connectivity index (χ0n) is 10.5. The number of hydrogen-bond donors (Lipinski definition) is 1. The molecule has 2 N–H and O–H groups in total. The molecule has 0 unspecified atom stereocenters. The van der Waals surface area contributed by atoms with Crippen molar-refractivity contribution in [3.63, 3.8) is 0 Å². The normalized spacial score (nSPS) is 14.7. The van der Waals surface area contributed by atoms with Crippen LogP contribution in [-0.2, 0) is 6.61 Å². The van der Waals surface area contributed by atoms with E-state index in [0.29, 0.717) is 12.6 Å². The Kier molecular flexibility index (Phi) is 2.70. The summed E-state index contributed by atoms with van der Waals surface area (Å²) in [6.45, 7) is 2.56. The lowest BCUT2D eigenvalue weighted by molar-refractivity contribution is 0.293. The lowest BCUT2D eigenvalue weighted by atomic mass is 10.2. The van der Waals surface area contributed by atoms with Crippen molar-refractivity contribution < 1.29 is 4.74 Å². The van der Waals surface area contributed by atoms with Gasteiger partial charge in [0.2, 0.25) is 0 Å². The highest BCUT2D eigenvalue weighted by molar-refractivity contribution is 5.47. The molecule has 4 heteroatoms. The van der Waals surface area contributed by atoms with Crippen LogP contribution in [0.3, 0.4) is 0 Å². The summed E-state index contributed by atoms with van der Waals surface area (Å²) in [5.41, 5.74) is 8.68. The van der Waals surface area contributed by atoms with Gasteiger partial charge in [-0.3, -0.25) is 0 Å². The molecule has 4 nitrogen and oxygen atoms in total. The maximum atomic E-state index is 5.84. The summed E-state index contributed by atoms with van der Waals surface area (Å²) in [6.07, 6.45) is 6.28. The Hall–Kier alpha value is -1.97. The molecule has 2 aromatic rings. The molecule has 0 amide bonds. The molecule has 1 aromatic heterocycles. The molecule has 0 spiro atoms. The first-order valence-corrected chi connectivity index (χ1v) is 6.23. The molecule has 1 fully saturated rings. The molecule has 1 saturated carbocycles. The third-order valence-electron chi connectivity index (χ3n) is 3.26. The van der Waals surface area contributed by atoms with Crippen molar-refractivity contribution in [2.24, 2.45) is 0 Å². The van der Waals surface area contributed by atoms with Crippen LogP contribution in [0.1, 0.15) is 30.1 Å². The first kappa shape index (κ1) is 11.1. The zero-order chi connectivity index (χ0) is 12.5. The molecule has 1 aliphatic carbocycles. The fourth-order valence-corrected chi connectivity index (χ4v) is 2.11. The van der Waals surface area contributed by atoms with E-state index in [2.05, 4.69) is 9.55 Å². The van der Waals surface area contributed by atoms with Gasteiger partial charge < -0.3 is 15.0 Å². The molecule has 0 radical (unpaired) electrons. The number of rotatable bonds is 4. The van der Waals surface area contributed by atoms with Crippen LogP contribution in [-0.4, -0.2) is 9.55 Å². The van der Waals surface area contributed by atoms with Crippen molar-refractivity contribution in [2.75, 3.05) is 5.73 Å². The van der Waals surface area contributed by atoms with E-state index in [1.165, 1.54) is 12.8 Å². The number of ether oxygens (including phenoxy) is 1. The molecule has 0 aliphatic heterocycles. The van der Waals surface area contributed by atoms with Crippen molar-refractivity contribution >= 4 is 5.69 Å². The molecule has 1 aliphatic rings. The van der Waals surface area contributed by atoms with Gasteiger partial charge in [0.25, 0.3) is 0 Å². The summed E-state index contributed by atoms with van der Waals surface area (Å²) >= 11 is 0. The number of nitrogen functional groups attached to an aromatic ring is 1. The van der Waals surface area contributed by atoms with Crippen molar-refractivity contribution in [1.29, 1.82) is 0 Å². The van der Waals surface area contributed by atoms with Crippen molar-refractivity contribution in [2.45, 2.75) is 32.4 Å². The number of aryl methyl sites for hydroxylation is 1. The van der Waals surface area contributed by atoms with Crippen molar-refractivity contribution in [3.8, 4) is 5.75 Å². The van der Waals surface area contributed by atoms with Crippen LogP contribution < -0.4 is 10.5 Å². The van der Waals surface area contributed by atoms with Gasteiger partial charge in [-0.05, 0) is 43.5 Å². The van der Waals surface area contributed by atoms with Gasteiger partial charge >= 0.3 is 0 Å². The monoisotopic (exact) mass is 243 g/mol. The predicted molar refractivity (Wildman–Crippen MR) is 70.4 cm³/mol. The second-order valence-corrected chi connectivity index (χ2v) is 4.84. The first-order chi connectivity index (χ1) is 8.74.